The average Bonchev–Trinajstić information content (AvgIpc) is 2.19. The first kappa shape index (κ1) is 10.2. The third-order valence-electron chi connectivity index (χ3n) is 1.34. The summed E-state index contributed by atoms with van der Waals surface area (Å²) in [5.41, 5.74) is 0. The van der Waals surface area contributed by atoms with Gasteiger partial charge < -0.3 is 9.84 Å². The molecule has 0 fully saturated rings. The lowest BCUT2D eigenvalue weighted by atomic mass is 10.4. The minimum Gasteiger partial charge on any atom is -0.504 e. The van der Waals surface area contributed by atoms with Crippen LogP contribution in [0.1, 0.15) is 12.7 Å². The zero-order valence-corrected chi connectivity index (χ0v) is 7.67. The molecule has 0 aliphatic heterocycles. The molecule has 0 aliphatic rings. The van der Waals surface area contributed by atoms with E-state index in [0.29, 0.717) is 0 Å². The van der Waals surface area contributed by atoms with Crippen LogP contribution in [0.2, 0.25) is 0 Å². The summed E-state index contributed by atoms with van der Waals surface area (Å²) in [4.78, 5) is 18.4. The van der Waals surface area contributed by atoms with Crippen LogP contribution in [0.15, 0.2) is 24.5 Å². The maximum Gasteiger partial charge on any atom is 0.334 e. The van der Waals surface area contributed by atoms with Gasteiger partial charge in [-0.05, 0) is 13.0 Å². The Labute approximate surface area is 81.1 Å². The summed E-state index contributed by atoms with van der Waals surface area (Å²) in [6.45, 7) is 1.94. The SMILES string of the molecule is CCOC(=O)C=C(O)c1ncccn1. The van der Waals surface area contributed by atoms with Gasteiger partial charge in [0.25, 0.3) is 0 Å². The Kier molecular flexibility index (Phi) is 3.60. The van der Waals surface area contributed by atoms with Gasteiger partial charge in [0.1, 0.15) is 0 Å². The summed E-state index contributed by atoms with van der Waals surface area (Å²) in [6.07, 6.45) is 3.88. The molecule has 0 unspecified atom stereocenters. The third kappa shape index (κ3) is 2.85. The second-order valence-electron chi connectivity index (χ2n) is 2.35. The Morgan fingerprint density at radius 3 is 2.79 bits per heavy atom. The van der Waals surface area contributed by atoms with Gasteiger partial charge in [0, 0.05) is 12.4 Å². The van der Waals surface area contributed by atoms with E-state index in [0.717, 1.165) is 6.08 Å². The van der Waals surface area contributed by atoms with Crippen molar-refractivity contribution in [2.24, 2.45) is 0 Å². The largest absolute Gasteiger partial charge is 0.504 e. The Morgan fingerprint density at radius 2 is 2.21 bits per heavy atom. The van der Waals surface area contributed by atoms with Crippen molar-refractivity contribution in [1.82, 2.24) is 9.97 Å². The second kappa shape index (κ2) is 4.96. The molecule has 14 heavy (non-hydrogen) atoms. The van der Waals surface area contributed by atoms with E-state index in [1.54, 1.807) is 13.0 Å². The summed E-state index contributed by atoms with van der Waals surface area (Å²) in [6, 6.07) is 1.61. The lowest BCUT2D eigenvalue weighted by molar-refractivity contribution is -0.137. The van der Waals surface area contributed by atoms with Gasteiger partial charge in [0.15, 0.2) is 11.6 Å². The van der Waals surface area contributed by atoms with Crippen LogP contribution in [0.25, 0.3) is 5.76 Å². The number of aliphatic hydroxyl groups is 1. The van der Waals surface area contributed by atoms with Gasteiger partial charge in [-0.25, -0.2) is 14.8 Å². The number of hydrogen-bond donors (Lipinski definition) is 1. The molecule has 0 bridgehead atoms. The van der Waals surface area contributed by atoms with E-state index in [1.165, 1.54) is 12.4 Å². The molecule has 5 nitrogen and oxygen atoms in total. The Hall–Kier alpha value is -1.91. The molecule has 1 N–H and O–H groups in total. The fourth-order valence-electron chi connectivity index (χ4n) is 0.791. The van der Waals surface area contributed by atoms with Crippen LogP contribution in [-0.4, -0.2) is 27.7 Å². The van der Waals surface area contributed by atoms with E-state index in [9.17, 15) is 9.90 Å². The van der Waals surface area contributed by atoms with E-state index in [-0.39, 0.29) is 18.2 Å². The molecule has 0 aliphatic carbocycles. The third-order valence-corrected chi connectivity index (χ3v) is 1.34. The number of aliphatic hydroxyl groups excluding tert-OH is 1. The van der Waals surface area contributed by atoms with Crippen LogP contribution >= 0.6 is 0 Å². The maximum atomic E-state index is 10.9. The molecule has 0 saturated carbocycles. The molecule has 0 atom stereocenters. The van der Waals surface area contributed by atoms with E-state index in [2.05, 4.69) is 14.7 Å². The Balaban J connectivity index is 2.75. The van der Waals surface area contributed by atoms with Gasteiger partial charge in [-0.3, -0.25) is 0 Å². The van der Waals surface area contributed by atoms with Crippen molar-refractivity contribution in [3.8, 4) is 0 Å². The van der Waals surface area contributed by atoms with Crippen LogP contribution in [0.4, 0.5) is 0 Å². The molecule has 5 heteroatoms. The fourth-order valence-corrected chi connectivity index (χ4v) is 0.791. The number of rotatable bonds is 3. The van der Waals surface area contributed by atoms with Crippen molar-refractivity contribution >= 4 is 11.7 Å². The van der Waals surface area contributed by atoms with E-state index in [1.807, 2.05) is 0 Å². The molecule has 1 heterocycles. The lowest BCUT2D eigenvalue weighted by Gasteiger charge is -1.98. The van der Waals surface area contributed by atoms with Crippen molar-refractivity contribution in [3.63, 3.8) is 0 Å². The number of esters is 1. The first-order chi connectivity index (χ1) is 6.74. The first-order valence-corrected chi connectivity index (χ1v) is 4.09. The van der Waals surface area contributed by atoms with Crippen LogP contribution in [-0.2, 0) is 9.53 Å². The van der Waals surface area contributed by atoms with E-state index >= 15 is 0 Å². The normalized spacial score (nSPS) is 11.1. The van der Waals surface area contributed by atoms with Crippen LogP contribution in [0.3, 0.4) is 0 Å². The molecule has 0 aromatic carbocycles. The average molecular weight is 194 g/mol. The highest BCUT2D eigenvalue weighted by molar-refractivity contribution is 5.88. The summed E-state index contributed by atoms with van der Waals surface area (Å²) < 4.78 is 4.60. The number of aromatic nitrogens is 2. The molecular weight excluding hydrogens is 184 g/mol. The molecule has 0 radical (unpaired) electrons. The van der Waals surface area contributed by atoms with Gasteiger partial charge in [-0.2, -0.15) is 0 Å². The first-order valence-electron chi connectivity index (χ1n) is 4.09. The summed E-state index contributed by atoms with van der Waals surface area (Å²) in [7, 11) is 0. The molecule has 0 amide bonds. The van der Waals surface area contributed by atoms with Crippen molar-refractivity contribution in [2.45, 2.75) is 6.92 Å². The summed E-state index contributed by atoms with van der Waals surface area (Å²) in [5.74, 6) is -0.818. The predicted octanol–water partition coefficient (Wildman–Crippen LogP) is 0.939. The second-order valence-corrected chi connectivity index (χ2v) is 2.35. The standard InChI is InChI=1S/C9H10N2O3/c1-2-14-8(13)6-7(12)9-10-4-3-5-11-9/h3-6,12H,2H2,1H3. The van der Waals surface area contributed by atoms with E-state index < -0.39 is 5.97 Å². The molecule has 74 valence electrons. The number of ether oxygens (including phenoxy) is 1. The monoisotopic (exact) mass is 194 g/mol. The van der Waals surface area contributed by atoms with Crippen molar-refractivity contribution < 1.29 is 14.6 Å². The van der Waals surface area contributed by atoms with E-state index in [4.69, 9.17) is 0 Å². The van der Waals surface area contributed by atoms with Crippen molar-refractivity contribution in [1.29, 1.82) is 0 Å². The van der Waals surface area contributed by atoms with Gasteiger partial charge in [0.05, 0.1) is 12.7 Å². The van der Waals surface area contributed by atoms with Crippen LogP contribution in [0, 0.1) is 0 Å². The number of carbonyl (C=O) groups excluding carboxylic acids is 1. The van der Waals surface area contributed by atoms with Crippen molar-refractivity contribution in [3.05, 3.63) is 30.4 Å². The smallest absolute Gasteiger partial charge is 0.334 e. The molecule has 1 aromatic heterocycles. The Bertz CT molecular complexity index is 335. The molecule has 0 spiro atoms. The van der Waals surface area contributed by atoms with Crippen LogP contribution < -0.4 is 0 Å². The number of hydrogen-bond acceptors (Lipinski definition) is 5. The van der Waals surface area contributed by atoms with Gasteiger partial charge in [0.2, 0.25) is 0 Å². The highest BCUT2D eigenvalue weighted by atomic mass is 16.5. The highest BCUT2D eigenvalue weighted by Crippen LogP contribution is 2.03. The zero-order valence-electron chi connectivity index (χ0n) is 7.67. The molecule has 1 rings (SSSR count). The van der Waals surface area contributed by atoms with Crippen LogP contribution in [0.5, 0.6) is 0 Å². The summed E-state index contributed by atoms with van der Waals surface area (Å²) >= 11 is 0. The maximum absolute atomic E-state index is 10.9. The summed E-state index contributed by atoms with van der Waals surface area (Å²) in [5, 5.41) is 9.35. The minimum absolute atomic E-state index is 0.0977. The fraction of sp³-hybridized carbons (Fsp3) is 0.222. The molecular formula is C9H10N2O3. The zero-order chi connectivity index (χ0) is 10.4. The number of nitrogens with zero attached hydrogens (tertiary/aromatic N) is 2. The predicted molar refractivity (Wildman–Crippen MR) is 49.3 cm³/mol. The molecule has 0 saturated heterocycles. The minimum atomic E-state index is -0.613. The Morgan fingerprint density at radius 1 is 1.57 bits per heavy atom. The van der Waals surface area contributed by atoms with Crippen molar-refractivity contribution in [2.75, 3.05) is 6.61 Å². The number of carbonyl (C=O) groups is 1. The van der Waals surface area contributed by atoms with Gasteiger partial charge in [-0.1, -0.05) is 0 Å². The van der Waals surface area contributed by atoms with Gasteiger partial charge >= 0.3 is 5.97 Å². The molecule has 1 aromatic rings. The topological polar surface area (TPSA) is 72.3 Å². The van der Waals surface area contributed by atoms with Gasteiger partial charge in [-0.15, -0.1) is 0 Å². The highest BCUT2D eigenvalue weighted by Gasteiger charge is 2.04. The lowest BCUT2D eigenvalue weighted by Crippen LogP contribution is -2.02. The quantitative estimate of drug-likeness (QED) is 0.440.